The number of hydrogen-bond donors (Lipinski definition) is 2. The minimum atomic E-state index is 0.437. The average Bonchev–Trinajstić information content (AvgIpc) is 2.76. The molecule has 0 aliphatic carbocycles. The third-order valence-electron chi connectivity index (χ3n) is 6.26. The maximum Gasteiger partial charge on any atom is 0.191 e. The summed E-state index contributed by atoms with van der Waals surface area (Å²) in [5, 5.41) is 7.25. The molecule has 0 radical (unpaired) electrons. The normalized spacial score (nSPS) is 22.0. The Morgan fingerprint density at radius 1 is 1.14 bits per heavy atom. The number of benzene rings is 1. The topological polar surface area (TPSA) is 52.1 Å². The number of nitrogens with zero attached hydrogens (tertiary/aromatic N) is 3. The van der Waals surface area contributed by atoms with Crippen molar-refractivity contribution in [2.75, 3.05) is 64.9 Å². The lowest BCUT2D eigenvalue weighted by Gasteiger charge is -2.36. The molecular weight excluding hydrogens is 362 g/mol. The van der Waals surface area contributed by atoms with Crippen LogP contribution in [0.25, 0.3) is 0 Å². The van der Waals surface area contributed by atoms with E-state index in [2.05, 4.69) is 56.6 Å². The van der Waals surface area contributed by atoms with E-state index in [4.69, 9.17) is 4.74 Å². The standard InChI is InChI=1S/C23H39N5O/c1-19-6-8-22(9-7-19)28-12-4-5-21(18-28)26-23(24-2)25-17-20-10-13-27(14-11-20)15-16-29-3/h6-9,20-21H,4-5,10-18H2,1-3H3,(H2,24,25,26). The second kappa shape index (κ2) is 11.4. The van der Waals surface area contributed by atoms with Crippen LogP contribution in [0.5, 0.6) is 0 Å². The number of aliphatic imine (C=N–C) groups is 1. The third-order valence-corrected chi connectivity index (χ3v) is 6.26. The molecule has 2 fully saturated rings. The summed E-state index contributed by atoms with van der Waals surface area (Å²) in [6.45, 7) is 9.55. The third kappa shape index (κ3) is 6.89. The average molecular weight is 402 g/mol. The van der Waals surface area contributed by atoms with Crippen molar-refractivity contribution in [3.63, 3.8) is 0 Å². The summed E-state index contributed by atoms with van der Waals surface area (Å²) >= 11 is 0. The van der Waals surface area contributed by atoms with Crippen molar-refractivity contribution in [3.8, 4) is 0 Å². The Bertz CT molecular complexity index is 625. The highest BCUT2D eigenvalue weighted by Crippen LogP contribution is 2.20. The number of anilines is 1. The first kappa shape index (κ1) is 21.9. The number of hydrogen-bond acceptors (Lipinski definition) is 4. The van der Waals surface area contributed by atoms with E-state index in [-0.39, 0.29) is 0 Å². The van der Waals surface area contributed by atoms with Gasteiger partial charge in [-0.15, -0.1) is 0 Å². The Morgan fingerprint density at radius 3 is 2.59 bits per heavy atom. The summed E-state index contributed by atoms with van der Waals surface area (Å²) in [4.78, 5) is 9.48. The maximum absolute atomic E-state index is 5.20. The van der Waals surface area contributed by atoms with Gasteiger partial charge in [0.1, 0.15) is 0 Å². The fourth-order valence-corrected chi connectivity index (χ4v) is 4.35. The Morgan fingerprint density at radius 2 is 1.90 bits per heavy atom. The predicted molar refractivity (Wildman–Crippen MR) is 122 cm³/mol. The van der Waals surface area contributed by atoms with Crippen molar-refractivity contribution >= 4 is 11.6 Å². The second-order valence-electron chi connectivity index (χ2n) is 8.50. The van der Waals surface area contributed by atoms with Gasteiger partial charge in [0.25, 0.3) is 0 Å². The molecule has 0 amide bonds. The van der Waals surface area contributed by atoms with E-state index in [9.17, 15) is 0 Å². The summed E-state index contributed by atoms with van der Waals surface area (Å²) < 4.78 is 5.20. The quantitative estimate of drug-likeness (QED) is 0.543. The monoisotopic (exact) mass is 401 g/mol. The number of ether oxygens (including phenoxy) is 1. The number of methoxy groups -OCH3 is 1. The van der Waals surface area contributed by atoms with Crippen LogP contribution in [-0.4, -0.2) is 76.9 Å². The molecule has 6 heteroatoms. The van der Waals surface area contributed by atoms with Gasteiger partial charge in [-0.05, 0) is 63.7 Å². The summed E-state index contributed by atoms with van der Waals surface area (Å²) in [6.07, 6.45) is 4.90. The Balaban J connectivity index is 1.41. The first-order valence-electron chi connectivity index (χ1n) is 11.2. The number of aryl methyl sites for hydroxylation is 1. The van der Waals surface area contributed by atoms with Gasteiger partial charge in [-0.25, -0.2) is 0 Å². The Kier molecular flexibility index (Phi) is 8.62. The van der Waals surface area contributed by atoms with Crippen LogP contribution < -0.4 is 15.5 Å². The number of nitrogens with one attached hydrogen (secondary N) is 2. The molecule has 2 aliphatic rings. The lowest BCUT2D eigenvalue weighted by molar-refractivity contribution is 0.121. The number of piperidine rings is 2. The zero-order valence-electron chi connectivity index (χ0n) is 18.5. The molecule has 2 saturated heterocycles. The first-order valence-corrected chi connectivity index (χ1v) is 11.2. The van der Waals surface area contributed by atoms with E-state index in [0.29, 0.717) is 6.04 Å². The predicted octanol–water partition coefficient (Wildman–Crippen LogP) is 2.49. The first-order chi connectivity index (χ1) is 14.2. The molecule has 1 aromatic carbocycles. The summed E-state index contributed by atoms with van der Waals surface area (Å²) in [5.41, 5.74) is 2.64. The number of likely N-dealkylation sites (tertiary alicyclic amines) is 1. The van der Waals surface area contributed by atoms with Crippen LogP contribution in [0, 0.1) is 12.8 Å². The molecule has 3 rings (SSSR count). The van der Waals surface area contributed by atoms with Crippen molar-refractivity contribution in [3.05, 3.63) is 29.8 Å². The van der Waals surface area contributed by atoms with Gasteiger partial charge in [0.2, 0.25) is 0 Å². The van der Waals surface area contributed by atoms with E-state index in [0.717, 1.165) is 44.7 Å². The molecular formula is C23H39N5O. The van der Waals surface area contributed by atoms with Crippen molar-refractivity contribution in [1.29, 1.82) is 0 Å². The van der Waals surface area contributed by atoms with Gasteiger partial charge in [0, 0.05) is 52.1 Å². The van der Waals surface area contributed by atoms with Crippen molar-refractivity contribution in [2.24, 2.45) is 10.9 Å². The lowest BCUT2D eigenvalue weighted by atomic mass is 9.97. The van der Waals surface area contributed by atoms with Crippen LogP contribution in [0.1, 0.15) is 31.2 Å². The van der Waals surface area contributed by atoms with E-state index in [1.54, 1.807) is 7.11 Å². The van der Waals surface area contributed by atoms with Crippen molar-refractivity contribution in [1.82, 2.24) is 15.5 Å². The van der Waals surface area contributed by atoms with E-state index in [1.165, 1.54) is 50.0 Å². The molecule has 0 spiro atoms. The van der Waals surface area contributed by atoms with Gasteiger partial charge >= 0.3 is 0 Å². The van der Waals surface area contributed by atoms with Crippen LogP contribution in [0.4, 0.5) is 5.69 Å². The molecule has 1 unspecified atom stereocenters. The minimum absolute atomic E-state index is 0.437. The summed E-state index contributed by atoms with van der Waals surface area (Å²) in [7, 11) is 3.66. The molecule has 2 aliphatic heterocycles. The van der Waals surface area contributed by atoms with Gasteiger partial charge in [-0.2, -0.15) is 0 Å². The van der Waals surface area contributed by atoms with Gasteiger partial charge in [-0.3, -0.25) is 4.99 Å². The molecule has 2 heterocycles. The Hall–Kier alpha value is -1.79. The molecule has 162 valence electrons. The molecule has 2 N–H and O–H groups in total. The molecule has 1 aromatic rings. The van der Waals surface area contributed by atoms with E-state index >= 15 is 0 Å². The fraction of sp³-hybridized carbons (Fsp3) is 0.696. The van der Waals surface area contributed by atoms with Gasteiger partial charge in [0.05, 0.1) is 6.61 Å². The van der Waals surface area contributed by atoms with Crippen LogP contribution in [-0.2, 0) is 4.74 Å². The van der Waals surface area contributed by atoms with Crippen LogP contribution in [0.2, 0.25) is 0 Å². The van der Waals surface area contributed by atoms with E-state index in [1.807, 2.05) is 7.05 Å². The molecule has 6 nitrogen and oxygen atoms in total. The van der Waals surface area contributed by atoms with Crippen LogP contribution >= 0.6 is 0 Å². The zero-order chi connectivity index (χ0) is 20.5. The van der Waals surface area contributed by atoms with Crippen LogP contribution in [0.3, 0.4) is 0 Å². The molecule has 0 bridgehead atoms. The van der Waals surface area contributed by atoms with Gasteiger partial charge in [0.15, 0.2) is 5.96 Å². The SMILES string of the molecule is CN=C(NCC1CCN(CCOC)CC1)NC1CCCN(c2ccc(C)cc2)C1. The van der Waals surface area contributed by atoms with E-state index < -0.39 is 0 Å². The minimum Gasteiger partial charge on any atom is -0.383 e. The zero-order valence-corrected chi connectivity index (χ0v) is 18.5. The number of guanidine groups is 1. The van der Waals surface area contributed by atoms with Gasteiger partial charge in [-0.1, -0.05) is 17.7 Å². The van der Waals surface area contributed by atoms with Crippen molar-refractivity contribution < 1.29 is 4.74 Å². The molecule has 0 aromatic heterocycles. The smallest absolute Gasteiger partial charge is 0.191 e. The second-order valence-corrected chi connectivity index (χ2v) is 8.50. The maximum atomic E-state index is 5.20. The fourth-order valence-electron chi connectivity index (χ4n) is 4.35. The summed E-state index contributed by atoms with van der Waals surface area (Å²) in [5.74, 6) is 1.67. The van der Waals surface area contributed by atoms with Gasteiger partial charge < -0.3 is 25.2 Å². The largest absolute Gasteiger partial charge is 0.383 e. The summed E-state index contributed by atoms with van der Waals surface area (Å²) in [6, 6.07) is 9.32. The molecule has 1 atom stereocenters. The highest BCUT2D eigenvalue weighted by molar-refractivity contribution is 5.80. The lowest BCUT2D eigenvalue weighted by Crippen LogP contribution is -2.52. The van der Waals surface area contributed by atoms with Crippen molar-refractivity contribution in [2.45, 2.75) is 38.6 Å². The molecule has 29 heavy (non-hydrogen) atoms. The Labute approximate surface area is 176 Å². The molecule has 0 saturated carbocycles. The highest BCUT2D eigenvalue weighted by atomic mass is 16.5. The highest BCUT2D eigenvalue weighted by Gasteiger charge is 2.22. The van der Waals surface area contributed by atoms with Crippen LogP contribution in [0.15, 0.2) is 29.3 Å². The number of rotatable bonds is 7.